The SMILES string of the molecule is CCc1ccccc1-c1ccc(N2C=CN3c4ccc(-c5ccccc5CC)cc4/C(=C4\C5(C)c6ccccc6N6c7nc8ccccc8nc7N(c7ccccc7)C6C45C)CC23)cc1. The summed E-state index contributed by atoms with van der Waals surface area (Å²) >= 11 is 0. The molecule has 5 heterocycles. The quantitative estimate of drug-likeness (QED) is 0.166. The number of benzene rings is 7. The molecule has 6 heteroatoms. The molecule has 5 aliphatic rings. The maximum atomic E-state index is 5.46. The summed E-state index contributed by atoms with van der Waals surface area (Å²) in [5.74, 6) is 1.82. The van der Waals surface area contributed by atoms with Gasteiger partial charge in [0.1, 0.15) is 12.3 Å². The molecule has 0 saturated heterocycles. The molecule has 316 valence electrons. The van der Waals surface area contributed by atoms with Crippen molar-refractivity contribution in [3.63, 3.8) is 0 Å². The first-order valence-corrected chi connectivity index (χ1v) is 23.3. The number of hydrogen-bond donors (Lipinski definition) is 0. The molecule has 0 amide bonds. The monoisotopic (exact) mass is 842 g/mol. The van der Waals surface area contributed by atoms with Crippen LogP contribution in [-0.4, -0.2) is 22.3 Å². The summed E-state index contributed by atoms with van der Waals surface area (Å²) in [6.07, 6.45) is 7.39. The Labute approximate surface area is 381 Å². The third kappa shape index (κ3) is 5.22. The van der Waals surface area contributed by atoms with Gasteiger partial charge in [0.05, 0.1) is 16.7 Å². The van der Waals surface area contributed by atoms with Gasteiger partial charge in [-0.2, -0.15) is 0 Å². The van der Waals surface area contributed by atoms with Crippen LogP contribution < -0.4 is 19.6 Å². The highest BCUT2D eigenvalue weighted by molar-refractivity contribution is 5.98. The molecule has 4 atom stereocenters. The van der Waals surface area contributed by atoms with Crippen molar-refractivity contribution in [2.45, 2.75) is 64.7 Å². The molecule has 0 spiro atoms. The fourth-order valence-corrected chi connectivity index (χ4v) is 12.4. The summed E-state index contributed by atoms with van der Waals surface area (Å²) in [6.45, 7) is 9.56. The Kier molecular flexibility index (Phi) is 8.21. The average Bonchev–Trinajstić information content (AvgIpc) is 3.61. The van der Waals surface area contributed by atoms with E-state index < -0.39 is 0 Å². The van der Waals surface area contributed by atoms with Crippen molar-refractivity contribution in [1.29, 1.82) is 0 Å². The molecule has 4 aliphatic heterocycles. The summed E-state index contributed by atoms with van der Waals surface area (Å²) in [5, 5.41) is 0. The third-order valence-electron chi connectivity index (χ3n) is 15.6. The van der Waals surface area contributed by atoms with E-state index in [4.69, 9.17) is 9.97 Å². The number of aryl methyl sites for hydroxylation is 2. The van der Waals surface area contributed by atoms with Crippen LogP contribution >= 0.6 is 0 Å². The Hall–Kier alpha value is -7.44. The molecule has 1 saturated carbocycles. The first-order valence-electron chi connectivity index (χ1n) is 23.3. The topological polar surface area (TPSA) is 38.7 Å². The van der Waals surface area contributed by atoms with Gasteiger partial charge >= 0.3 is 0 Å². The van der Waals surface area contributed by atoms with E-state index in [9.17, 15) is 0 Å². The minimum Gasteiger partial charge on any atom is -0.325 e. The Bertz CT molecular complexity index is 3300. The Morgan fingerprint density at radius 3 is 1.82 bits per heavy atom. The second-order valence-electron chi connectivity index (χ2n) is 18.6. The summed E-state index contributed by atoms with van der Waals surface area (Å²) in [7, 11) is 0. The smallest absolute Gasteiger partial charge is 0.179 e. The third-order valence-corrected chi connectivity index (χ3v) is 15.6. The number of nitrogens with zero attached hydrogens (tertiary/aromatic N) is 6. The van der Waals surface area contributed by atoms with E-state index in [1.54, 1.807) is 0 Å². The van der Waals surface area contributed by atoms with Crippen LogP contribution in [0.1, 0.15) is 56.4 Å². The van der Waals surface area contributed by atoms with Gasteiger partial charge in [0.25, 0.3) is 0 Å². The van der Waals surface area contributed by atoms with E-state index >= 15 is 0 Å². The number of fused-ring (bicyclic) bond motifs is 12. The molecule has 13 rings (SSSR count). The van der Waals surface area contributed by atoms with Crippen LogP contribution in [0.15, 0.2) is 188 Å². The minimum atomic E-state index is -0.330. The molecule has 4 unspecified atom stereocenters. The van der Waals surface area contributed by atoms with Gasteiger partial charge in [0.15, 0.2) is 11.6 Å². The highest BCUT2D eigenvalue weighted by Crippen LogP contribution is 2.80. The molecule has 6 nitrogen and oxygen atoms in total. The van der Waals surface area contributed by atoms with Gasteiger partial charge in [0, 0.05) is 52.3 Å². The van der Waals surface area contributed by atoms with Crippen LogP contribution in [0.2, 0.25) is 0 Å². The van der Waals surface area contributed by atoms with E-state index in [1.807, 2.05) is 0 Å². The number of anilines is 6. The van der Waals surface area contributed by atoms with Crippen molar-refractivity contribution in [2.24, 2.45) is 5.41 Å². The first kappa shape index (κ1) is 38.1. The highest BCUT2D eigenvalue weighted by Gasteiger charge is 2.78. The lowest BCUT2D eigenvalue weighted by atomic mass is 9.81. The maximum absolute atomic E-state index is 5.46. The molecule has 1 aliphatic carbocycles. The highest BCUT2D eigenvalue weighted by atomic mass is 15.5. The fraction of sp³-hybridized carbons (Fsp3) is 0.186. The molecule has 7 aromatic carbocycles. The van der Waals surface area contributed by atoms with E-state index in [0.29, 0.717) is 0 Å². The van der Waals surface area contributed by atoms with Crippen LogP contribution in [0, 0.1) is 5.41 Å². The summed E-state index contributed by atoms with van der Waals surface area (Å²) in [5.41, 5.74) is 19.4. The average molecular weight is 843 g/mol. The molecule has 1 aromatic heterocycles. The molecule has 0 N–H and O–H groups in total. The zero-order chi connectivity index (χ0) is 43.6. The van der Waals surface area contributed by atoms with Gasteiger partial charge in [-0.15, -0.1) is 0 Å². The maximum Gasteiger partial charge on any atom is 0.179 e. The molecule has 8 aromatic rings. The van der Waals surface area contributed by atoms with Crippen molar-refractivity contribution >= 4 is 51.0 Å². The van der Waals surface area contributed by atoms with Gasteiger partial charge in [-0.3, -0.25) is 0 Å². The van der Waals surface area contributed by atoms with Gasteiger partial charge in [-0.25, -0.2) is 9.97 Å². The molecule has 65 heavy (non-hydrogen) atoms. The standard InChI is InChI=1S/C59H50N6/c1-5-38-18-10-12-22-44(38)40-28-31-42(32-29-40)62-34-35-63-51-33-30-41(45-23-13-11-19-39(45)6-2)36-46(51)47(37-53(62)63)54-58(3)48-24-14-17-27-52(48)65-56-55(60-49-25-15-16-26-50(49)61-56)64(57(65)59(54,58)4)43-20-8-7-9-21-43/h7-36,53,57H,5-6,37H2,1-4H3/b54-47+. The Morgan fingerprint density at radius 1 is 0.523 bits per heavy atom. The van der Waals surface area contributed by atoms with Gasteiger partial charge < -0.3 is 19.6 Å². The van der Waals surface area contributed by atoms with E-state index in [1.165, 1.54) is 72.7 Å². The van der Waals surface area contributed by atoms with Gasteiger partial charge in [-0.1, -0.05) is 143 Å². The summed E-state index contributed by atoms with van der Waals surface area (Å²) in [4.78, 5) is 21.0. The van der Waals surface area contributed by atoms with Crippen molar-refractivity contribution in [3.05, 3.63) is 210 Å². The van der Waals surface area contributed by atoms with Crippen LogP contribution in [0.3, 0.4) is 0 Å². The van der Waals surface area contributed by atoms with E-state index in [-0.39, 0.29) is 23.2 Å². The number of rotatable bonds is 6. The lowest BCUT2D eigenvalue weighted by Gasteiger charge is -2.43. The predicted octanol–water partition coefficient (Wildman–Crippen LogP) is 14.0. The van der Waals surface area contributed by atoms with Crippen LogP contribution in [0.4, 0.5) is 34.4 Å². The van der Waals surface area contributed by atoms with Crippen molar-refractivity contribution < 1.29 is 0 Å². The molecule has 0 bridgehead atoms. The number of hydrogen-bond acceptors (Lipinski definition) is 6. The second kappa shape index (κ2) is 14.0. The minimum absolute atomic E-state index is 0.0633. The lowest BCUT2D eigenvalue weighted by molar-refractivity contribution is 0.376. The zero-order valence-corrected chi connectivity index (χ0v) is 37.3. The number of aromatic nitrogens is 2. The molecular formula is C59H50N6. The normalized spacial score (nSPS) is 23.2. The predicted molar refractivity (Wildman–Crippen MR) is 268 cm³/mol. The van der Waals surface area contributed by atoms with Crippen molar-refractivity contribution in [3.8, 4) is 22.3 Å². The van der Waals surface area contributed by atoms with Crippen LogP contribution in [-0.2, 0) is 18.3 Å². The molecule has 1 fully saturated rings. The molecule has 0 radical (unpaired) electrons. The number of para-hydroxylation sites is 4. The van der Waals surface area contributed by atoms with E-state index in [2.05, 4.69) is 230 Å². The van der Waals surface area contributed by atoms with Crippen molar-refractivity contribution in [1.82, 2.24) is 9.97 Å². The van der Waals surface area contributed by atoms with Gasteiger partial charge in [0.2, 0.25) is 0 Å². The Balaban J connectivity index is 1.02. The van der Waals surface area contributed by atoms with Crippen LogP contribution in [0.5, 0.6) is 0 Å². The second-order valence-corrected chi connectivity index (χ2v) is 18.6. The zero-order valence-electron chi connectivity index (χ0n) is 37.3. The fourth-order valence-electron chi connectivity index (χ4n) is 12.4. The van der Waals surface area contributed by atoms with Crippen molar-refractivity contribution in [2.75, 3.05) is 19.6 Å². The Morgan fingerprint density at radius 2 is 1.11 bits per heavy atom. The summed E-state index contributed by atoms with van der Waals surface area (Å²) < 4.78 is 0. The largest absolute Gasteiger partial charge is 0.325 e. The van der Waals surface area contributed by atoms with Crippen LogP contribution in [0.25, 0.3) is 38.9 Å². The summed E-state index contributed by atoms with van der Waals surface area (Å²) in [6, 6.07) is 62.5. The lowest BCUT2D eigenvalue weighted by Crippen LogP contribution is -2.50. The van der Waals surface area contributed by atoms with E-state index in [0.717, 1.165) is 47.6 Å². The first-order chi connectivity index (χ1) is 31.9. The molecular weight excluding hydrogens is 793 g/mol. The van der Waals surface area contributed by atoms with Gasteiger partial charge in [-0.05, 0) is 118 Å².